The number of pyridine rings is 1. The fourth-order valence-electron chi connectivity index (χ4n) is 4.65. The number of piperidine rings is 1. The first-order valence-electron chi connectivity index (χ1n) is 10.9. The summed E-state index contributed by atoms with van der Waals surface area (Å²) in [6, 6.07) is 5.66. The predicted octanol–water partition coefficient (Wildman–Crippen LogP) is 6.19. The molecule has 30 heavy (non-hydrogen) atoms. The van der Waals surface area contributed by atoms with Crippen molar-refractivity contribution in [2.24, 2.45) is 0 Å². The number of aromatic nitrogens is 2. The first-order chi connectivity index (χ1) is 14.5. The summed E-state index contributed by atoms with van der Waals surface area (Å²) < 4.78 is 40.9. The number of likely N-dealkylation sites (tertiary alicyclic amines) is 1. The second-order valence-electron chi connectivity index (χ2n) is 8.23. The lowest BCUT2D eigenvalue weighted by Crippen LogP contribution is -2.33. The predicted molar refractivity (Wildman–Crippen MR) is 114 cm³/mol. The lowest BCUT2D eigenvalue weighted by Gasteiger charge is -2.32. The van der Waals surface area contributed by atoms with Crippen molar-refractivity contribution in [1.82, 2.24) is 14.9 Å². The highest BCUT2D eigenvalue weighted by atomic mass is 19.2. The molecule has 0 amide bonds. The fourth-order valence-corrected chi connectivity index (χ4v) is 4.65. The van der Waals surface area contributed by atoms with Crippen molar-refractivity contribution >= 4 is 11.0 Å². The van der Waals surface area contributed by atoms with E-state index in [2.05, 4.69) is 23.7 Å². The molecule has 6 heteroatoms. The van der Waals surface area contributed by atoms with Crippen LogP contribution in [0.3, 0.4) is 0 Å². The van der Waals surface area contributed by atoms with Crippen LogP contribution < -0.4 is 0 Å². The fraction of sp³-hybridized carbons (Fsp3) is 0.458. The van der Waals surface area contributed by atoms with E-state index in [0.717, 1.165) is 74.9 Å². The molecule has 1 fully saturated rings. The maximum atomic E-state index is 13.8. The van der Waals surface area contributed by atoms with Crippen LogP contribution in [0.15, 0.2) is 24.3 Å². The molecular weight excluding hydrogens is 387 g/mol. The van der Waals surface area contributed by atoms with Gasteiger partial charge >= 0.3 is 0 Å². The highest BCUT2D eigenvalue weighted by molar-refractivity contribution is 5.84. The van der Waals surface area contributed by atoms with Crippen LogP contribution >= 0.6 is 0 Å². The number of fused-ring (bicyclic) bond motifs is 1. The number of halogens is 3. The molecule has 0 atom stereocenters. The van der Waals surface area contributed by atoms with Gasteiger partial charge in [0.2, 0.25) is 0 Å². The Balaban J connectivity index is 1.75. The van der Waals surface area contributed by atoms with Crippen molar-refractivity contribution in [2.75, 3.05) is 19.6 Å². The third-order valence-corrected chi connectivity index (χ3v) is 6.08. The van der Waals surface area contributed by atoms with E-state index in [9.17, 15) is 13.2 Å². The molecular formula is C24H28F3N3. The number of aryl methyl sites for hydroxylation is 1. The van der Waals surface area contributed by atoms with Crippen molar-refractivity contribution in [3.8, 4) is 11.3 Å². The van der Waals surface area contributed by atoms with Gasteiger partial charge < -0.3 is 9.88 Å². The van der Waals surface area contributed by atoms with E-state index in [0.29, 0.717) is 11.6 Å². The molecule has 3 nitrogen and oxygen atoms in total. The molecule has 0 radical (unpaired) electrons. The highest BCUT2D eigenvalue weighted by Crippen LogP contribution is 2.37. The van der Waals surface area contributed by atoms with Gasteiger partial charge in [-0.15, -0.1) is 0 Å². The molecule has 4 rings (SSSR count). The Kier molecular flexibility index (Phi) is 6.14. The van der Waals surface area contributed by atoms with Crippen molar-refractivity contribution in [3.05, 3.63) is 53.0 Å². The lowest BCUT2D eigenvalue weighted by atomic mass is 9.87. The number of benzene rings is 1. The van der Waals surface area contributed by atoms with Crippen LogP contribution in [0.1, 0.15) is 56.7 Å². The van der Waals surface area contributed by atoms with Crippen molar-refractivity contribution in [1.29, 1.82) is 0 Å². The molecule has 3 aromatic rings. The van der Waals surface area contributed by atoms with E-state index in [1.807, 2.05) is 6.07 Å². The summed E-state index contributed by atoms with van der Waals surface area (Å²) in [5.41, 5.74) is 4.96. The Morgan fingerprint density at radius 3 is 2.37 bits per heavy atom. The Morgan fingerprint density at radius 1 is 1.03 bits per heavy atom. The zero-order chi connectivity index (χ0) is 21.3. The molecule has 3 heterocycles. The van der Waals surface area contributed by atoms with E-state index < -0.39 is 17.5 Å². The van der Waals surface area contributed by atoms with E-state index in [1.165, 1.54) is 11.3 Å². The van der Waals surface area contributed by atoms with E-state index in [1.54, 1.807) is 6.07 Å². The van der Waals surface area contributed by atoms with Gasteiger partial charge in [0.15, 0.2) is 17.5 Å². The normalized spacial score (nSPS) is 15.9. The minimum Gasteiger partial charge on any atom is -0.357 e. The van der Waals surface area contributed by atoms with Gasteiger partial charge in [0.25, 0.3) is 0 Å². The summed E-state index contributed by atoms with van der Waals surface area (Å²) in [7, 11) is 0. The van der Waals surface area contributed by atoms with Crippen molar-refractivity contribution in [3.63, 3.8) is 0 Å². The van der Waals surface area contributed by atoms with Crippen LogP contribution in [0.4, 0.5) is 13.2 Å². The molecule has 0 aliphatic carbocycles. The first-order valence-corrected chi connectivity index (χ1v) is 10.9. The van der Waals surface area contributed by atoms with Crippen LogP contribution in [0.2, 0.25) is 0 Å². The van der Waals surface area contributed by atoms with Gasteiger partial charge in [0.05, 0.1) is 16.7 Å². The average Bonchev–Trinajstić information content (AvgIpc) is 3.10. The number of hydrogen-bond acceptors (Lipinski definition) is 2. The Bertz CT molecular complexity index is 1010. The minimum absolute atomic E-state index is 0.246. The summed E-state index contributed by atoms with van der Waals surface area (Å²) >= 11 is 0. The van der Waals surface area contributed by atoms with E-state index in [-0.39, 0.29) is 5.56 Å². The standard InChI is InChI=1S/C24H28F3N3/c1-3-5-20-22(15-8-11-30(10-4-2)12-9-15)24-21(28-20)7-6-19(29-24)16-13-17(25)23(27)18(26)14-16/h6-7,13-15,28H,3-5,8-12H2,1-2H3. The van der Waals surface area contributed by atoms with Gasteiger partial charge in [-0.1, -0.05) is 20.3 Å². The summed E-state index contributed by atoms with van der Waals surface area (Å²) in [5, 5.41) is 0. The maximum Gasteiger partial charge on any atom is 0.194 e. The van der Waals surface area contributed by atoms with Crippen LogP contribution in [0.5, 0.6) is 0 Å². The Morgan fingerprint density at radius 2 is 1.73 bits per heavy atom. The van der Waals surface area contributed by atoms with Crippen LogP contribution in [-0.2, 0) is 6.42 Å². The van der Waals surface area contributed by atoms with Gasteiger partial charge in [0.1, 0.15) is 0 Å². The minimum atomic E-state index is -1.45. The number of nitrogens with one attached hydrogen (secondary N) is 1. The van der Waals surface area contributed by atoms with Gasteiger partial charge in [-0.05, 0) is 75.5 Å². The summed E-state index contributed by atoms with van der Waals surface area (Å²) in [6.45, 7) is 7.64. The third-order valence-electron chi connectivity index (χ3n) is 6.08. The highest BCUT2D eigenvalue weighted by Gasteiger charge is 2.26. The molecule has 160 valence electrons. The molecule has 0 saturated carbocycles. The molecule has 1 saturated heterocycles. The van der Waals surface area contributed by atoms with Crippen molar-refractivity contribution < 1.29 is 13.2 Å². The van der Waals surface area contributed by atoms with Gasteiger partial charge in [-0.2, -0.15) is 0 Å². The second kappa shape index (κ2) is 8.80. The average molecular weight is 416 g/mol. The largest absolute Gasteiger partial charge is 0.357 e. The first kappa shape index (κ1) is 20.9. The summed E-state index contributed by atoms with van der Waals surface area (Å²) in [4.78, 5) is 10.8. The molecule has 0 bridgehead atoms. The second-order valence-corrected chi connectivity index (χ2v) is 8.23. The zero-order valence-corrected chi connectivity index (χ0v) is 17.6. The van der Waals surface area contributed by atoms with Crippen LogP contribution in [0.25, 0.3) is 22.3 Å². The van der Waals surface area contributed by atoms with Gasteiger partial charge in [-0.25, -0.2) is 18.2 Å². The number of nitrogens with zero attached hydrogens (tertiary/aromatic N) is 2. The smallest absolute Gasteiger partial charge is 0.194 e. The zero-order valence-electron chi connectivity index (χ0n) is 17.6. The molecule has 1 aliphatic rings. The molecule has 1 aromatic carbocycles. The SMILES string of the molecule is CCCc1[nH]c2ccc(-c3cc(F)c(F)c(F)c3)nc2c1C1CCN(CCC)CC1. The van der Waals surface area contributed by atoms with Crippen LogP contribution in [-0.4, -0.2) is 34.5 Å². The maximum absolute atomic E-state index is 13.8. The number of hydrogen-bond donors (Lipinski definition) is 1. The molecule has 1 N–H and O–H groups in total. The Labute approximate surface area is 175 Å². The molecule has 2 aromatic heterocycles. The topological polar surface area (TPSA) is 31.9 Å². The monoisotopic (exact) mass is 415 g/mol. The van der Waals surface area contributed by atoms with E-state index >= 15 is 0 Å². The van der Waals surface area contributed by atoms with Gasteiger partial charge in [0, 0.05) is 16.8 Å². The van der Waals surface area contributed by atoms with Crippen molar-refractivity contribution in [2.45, 2.75) is 51.9 Å². The number of aromatic amines is 1. The summed E-state index contributed by atoms with van der Waals surface area (Å²) in [6.07, 6.45) is 5.28. The Hall–Kier alpha value is -2.34. The summed E-state index contributed by atoms with van der Waals surface area (Å²) in [5.74, 6) is -3.43. The van der Waals surface area contributed by atoms with E-state index in [4.69, 9.17) is 4.98 Å². The lowest BCUT2D eigenvalue weighted by molar-refractivity contribution is 0.213. The number of H-pyrrole nitrogens is 1. The molecule has 0 unspecified atom stereocenters. The number of rotatable bonds is 6. The van der Waals surface area contributed by atoms with Gasteiger partial charge in [-0.3, -0.25) is 0 Å². The molecule has 0 spiro atoms. The quantitative estimate of drug-likeness (QED) is 0.487. The molecule has 1 aliphatic heterocycles. The van der Waals surface area contributed by atoms with Crippen LogP contribution in [0, 0.1) is 17.5 Å². The third kappa shape index (κ3) is 3.97.